The van der Waals surface area contributed by atoms with Gasteiger partial charge in [-0.2, -0.15) is 0 Å². The zero-order chi connectivity index (χ0) is 25.6. The van der Waals surface area contributed by atoms with E-state index in [1.807, 2.05) is 31.2 Å². The number of nitrogens with zero attached hydrogens (tertiary/aromatic N) is 6. The van der Waals surface area contributed by atoms with Crippen molar-refractivity contribution in [3.8, 4) is 5.00 Å². The van der Waals surface area contributed by atoms with Gasteiger partial charge in [-0.1, -0.05) is 12.1 Å². The minimum atomic E-state index is -1.76. The van der Waals surface area contributed by atoms with Crippen LogP contribution in [0.2, 0.25) is 0 Å². The number of benzene rings is 1. The van der Waals surface area contributed by atoms with Gasteiger partial charge in [0.1, 0.15) is 10.8 Å². The van der Waals surface area contributed by atoms with Crippen molar-refractivity contribution in [3.63, 3.8) is 0 Å². The third-order valence-electron chi connectivity index (χ3n) is 8.19. The Labute approximate surface area is 220 Å². The van der Waals surface area contributed by atoms with Crippen LogP contribution in [0.15, 0.2) is 35.7 Å². The molecule has 0 atom stereocenters. The summed E-state index contributed by atoms with van der Waals surface area (Å²) < 4.78 is 18.0. The molecular formula is C27H34FN7OS. The largest absolute Gasteiger partial charge is 0.399 e. The fraction of sp³-hybridized carbons (Fsp3) is 0.519. The first-order chi connectivity index (χ1) is 17.9. The highest BCUT2D eigenvalue weighted by molar-refractivity contribution is 7.12. The molecular weight excluding hydrogens is 489 g/mol. The summed E-state index contributed by atoms with van der Waals surface area (Å²) >= 11 is 1.72. The van der Waals surface area contributed by atoms with Crippen molar-refractivity contribution < 1.29 is 9.18 Å². The number of nitrogens with two attached hydrogens (primary N) is 1. The zero-order valence-electron chi connectivity index (χ0n) is 21.3. The van der Waals surface area contributed by atoms with Crippen molar-refractivity contribution in [3.05, 3.63) is 58.5 Å². The van der Waals surface area contributed by atoms with Crippen molar-refractivity contribution in [2.24, 2.45) is 0 Å². The number of aryl methyl sites for hydroxylation is 1. The lowest BCUT2D eigenvalue weighted by Crippen LogP contribution is -2.55. The normalized spacial score (nSPS) is 20.9. The number of fused-ring (bicyclic) bond motifs is 3. The van der Waals surface area contributed by atoms with Crippen molar-refractivity contribution in [1.29, 1.82) is 0 Å². The second kappa shape index (κ2) is 9.81. The quantitative estimate of drug-likeness (QED) is 0.527. The predicted molar refractivity (Wildman–Crippen MR) is 142 cm³/mol. The molecule has 1 aromatic carbocycles. The molecule has 3 aromatic rings. The van der Waals surface area contributed by atoms with Crippen molar-refractivity contribution >= 4 is 22.9 Å². The van der Waals surface area contributed by atoms with E-state index >= 15 is 4.39 Å². The molecule has 196 valence electrons. The fourth-order valence-corrected chi connectivity index (χ4v) is 7.07. The summed E-state index contributed by atoms with van der Waals surface area (Å²) in [6, 6.07) is 10.3. The Hall–Kier alpha value is -2.82. The minimum Gasteiger partial charge on any atom is -0.399 e. The number of aromatic nitrogens is 3. The van der Waals surface area contributed by atoms with Crippen molar-refractivity contribution in [1.82, 2.24) is 29.5 Å². The molecule has 2 aromatic heterocycles. The molecule has 3 aliphatic heterocycles. The van der Waals surface area contributed by atoms with E-state index in [1.165, 1.54) is 10.6 Å². The molecule has 0 aliphatic carbocycles. The molecule has 2 N–H and O–H groups in total. The Morgan fingerprint density at radius 3 is 2.68 bits per heavy atom. The number of anilines is 1. The molecule has 0 spiro atoms. The highest BCUT2D eigenvalue weighted by Gasteiger charge is 2.45. The monoisotopic (exact) mass is 523 g/mol. The number of likely N-dealkylation sites (tertiary alicyclic amines) is 2. The predicted octanol–water partition coefficient (Wildman–Crippen LogP) is 3.53. The Morgan fingerprint density at radius 2 is 1.92 bits per heavy atom. The van der Waals surface area contributed by atoms with E-state index in [-0.39, 0.29) is 18.7 Å². The highest BCUT2D eigenvalue weighted by atomic mass is 32.1. The van der Waals surface area contributed by atoms with Gasteiger partial charge in [-0.25, -0.2) is 4.39 Å². The Morgan fingerprint density at radius 1 is 1.14 bits per heavy atom. The number of piperidine rings is 2. The van der Waals surface area contributed by atoms with Crippen LogP contribution in [0.5, 0.6) is 0 Å². The number of hydrogen-bond donors (Lipinski definition) is 1. The molecule has 5 heterocycles. The van der Waals surface area contributed by atoms with E-state index in [9.17, 15) is 4.79 Å². The molecule has 0 saturated carbocycles. The van der Waals surface area contributed by atoms with E-state index in [0.29, 0.717) is 32.2 Å². The Bertz CT molecular complexity index is 1270. The van der Waals surface area contributed by atoms with E-state index in [2.05, 4.69) is 36.0 Å². The van der Waals surface area contributed by atoms with Crippen LogP contribution in [-0.4, -0.2) is 73.3 Å². The molecule has 1 amide bonds. The van der Waals surface area contributed by atoms with Gasteiger partial charge in [0, 0.05) is 69.4 Å². The summed E-state index contributed by atoms with van der Waals surface area (Å²) in [5, 5.41) is 12.1. The van der Waals surface area contributed by atoms with Crippen molar-refractivity contribution in [2.45, 2.75) is 64.0 Å². The van der Waals surface area contributed by atoms with Gasteiger partial charge in [-0.15, -0.1) is 21.5 Å². The number of rotatable bonds is 4. The van der Waals surface area contributed by atoms with Gasteiger partial charge >= 0.3 is 0 Å². The van der Waals surface area contributed by atoms with Gasteiger partial charge in [0.2, 0.25) is 0 Å². The molecule has 3 aliphatic rings. The maximum absolute atomic E-state index is 15.9. The molecule has 6 rings (SSSR count). The lowest BCUT2D eigenvalue weighted by molar-refractivity contribution is -0.149. The minimum absolute atomic E-state index is 0.246. The average Bonchev–Trinajstić information content (AvgIpc) is 3.46. The summed E-state index contributed by atoms with van der Waals surface area (Å²) in [6.45, 7) is 6.66. The van der Waals surface area contributed by atoms with Gasteiger partial charge in [0.05, 0.1) is 6.54 Å². The van der Waals surface area contributed by atoms with Crippen LogP contribution in [0.25, 0.3) is 5.00 Å². The molecule has 0 unspecified atom stereocenters. The first-order valence-electron chi connectivity index (χ1n) is 13.2. The number of thiophene rings is 1. The number of nitrogen functional groups attached to an aromatic ring is 1. The highest BCUT2D eigenvalue weighted by Crippen LogP contribution is 2.34. The zero-order valence-corrected chi connectivity index (χ0v) is 22.1. The van der Waals surface area contributed by atoms with E-state index in [4.69, 9.17) is 5.73 Å². The summed E-state index contributed by atoms with van der Waals surface area (Å²) in [5.74, 6) is 1.55. The van der Waals surface area contributed by atoms with Crippen LogP contribution in [0.3, 0.4) is 0 Å². The molecule has 2 fully saturated rings. The lowest BCUT2D eigenvalue weighted by atomic mass is 9.90. The Kier molecular flexibility index (Phi) is 6.50. The molecule has 2 saturated heterocycles. The third-order valence-corrected chi connectivity index (χ3v) is 9.13. The number of alkyl halides is 1. The van der Waals surface area contributed by atoms with Crippen LogP contribution >= 0.6 is 11.3 Å². The molecule has 10 heteroatoms. The van der Waals surface area contributed by atoms with Gasteiger partial charge in [0.15, 0.2) is 11.5 Å². The van der Waals surface area contributed by atoms with Crippen molar-refractivity contribution in [2.75, 3.05) is 31.9 Å². The SMILES string of the molecule is Cc1nnc2n1-c1sccc1CN(C1CCN(C(=O)C3(F)CCN(Cc4cccc(N)c4)CC3)CC1)C2. The smallest absolute Gasteiger partial charge is 0.260 e. The van der Waals surface area contributed by atoms with Crippen LogP contribution in [0, 0.1) is 6.92 Å². The second-order valence-electron chi connectivity index (χ2n) is 10.7. The first-order valence-corrected chi connectivity index (χ1v) is 14.0. The maximum Gasteiger partial charge on any atom is 0.260 e. The van der Waals surface area contributed by atoms with Gasteiger partial charge in [0.25, 0.3) is 5.91 Å². The average molecular weight is 524 g/mol. The summed E-state index contributed by atoms with van der Waals surface area (Å²) in [5.41, 5.74) is 7.28. The topological polar surface area (TPSA) is 83.5 Å². The second-order valence-corrected chi connectivity index (χ2v) is 11.6. The van der Waals surface area contributed by atoms with E-state index in [0.717, 1.165) is 55.4 Å². The Balaban J connectivity index is 1.05. The van der Waals surface area contributed by atoms with Gasteiger partial charge in [-0.05, 0) is 48.9 Å². The summed E-state index contributed by atoms with van der Waals surface area (Å²) in [7, 11) is 0. The van der Waals surface area contributed by atoms with Crippen LogP contribution in [0.4, 0.5) is 10.1 Å². The fourth-order valence-electron chi connectivity index (χ4n) is 6.08. The van der Waals surface area contributed by atoms with Crippen LogP contribution < -0.4 is 5.73 Å². The standard InChI is InChI=1S/C27H34FN7OS/c1-19-30-31-24-18-34(17-21-7-14-37-25(21)35(19)24)23-5-10-33(11-6-23)26(36)27(28)8-12-32(13-9-27)16-20-3-2-4-22(29)15-20/h2-4,7,14-15,23H,5-6,8-13,16-18,29H2,1H3. The number of amides is 1. The van der Waals surface area contributed by atoms with E-state index in [1.54, 1.807) is 16.2 Å². The molecule has 8 nitrogen and oxygen atoms in total. The molecule has 37 heavy (non-hydrogen) atoms. The number of carbonyl (C=O) groups excluding carboxylic acids is 1. The number of halogens is 1. The van der Waals surface area contributed by atoms with Crippen LogP contribution in [0.1, 0.15) is 48.5 Å². The number of carbonyl (C=O) groups is 1. The molecule has 0 radical (unpaired) electrons. The summed E-state index contributed by atoms with van der Waals surface area (Å²) in [6.07, 6.45) is 2.18. The maximum atomic E-state index is 15.9. The molecule has 0 bridgehead atoms. The van der Waals surface area contributed by atoms with Gasteiger partial charge < -0.3 is 10.6 Å². The van der Waals surface area contributed by atoms with E-state index < -0.39 is 5.67 Å². The number of hydrogen-bond acceptors (Lipinski definition) is 7. The van der Waals surface area contributed by atoms with Crippen LogP contribution in [-0.2, 0) is 24.4 Å². The van der Waals surface area contributed by atoms with Gasteiger partial charge in [-0.3, -0.25) is 19.2 Å². The first kappa shape index (κ1) is 24.5. The summed E-state index contributed by atoms with van der Waals surface area (Å²) in [4.78, 5) is 19.7. The third kappa shape index (κ3) is 4.78. The lowest BCUT2D eigenvalue weighted by Gasteiger charge is -2.42.